The van der Waals surface area contributed by atoms with Crippen molar-refractivity contribution in [2.24, 2.45) is 5.10 Å². The second kappa shape index (κ2) is 10.8. The predicted octanol–water partition coefficient (Wildman–Crippen LogP) is 5.46. The summed E-state index contributed by atoms with van der Waals surface area (Å²) in [7, 11) is -4.10. The molecular formula is C24H23Cl2N3O3S. The first-order valence-electron chi connectivity index (χ1n) is 10.1. The third kappa shape index (κ3) is 6.13. The van der Waals surface area contributed by atoms with Crippen molar-refractivity contribution in [3.63, 3.8) is 0 Å². The standard InChI is InChI=1S/C24H23Cl2N3O3S/c1-17(2)19-13-11-18(12-14-19)15-27-28-23(30)16-29(22-10-6-9-21(25)24(22)26)33(31,32)20-7-4-3-5-8-20/h3-15,17H,16H2,1-2H3,(H,28,30)/b27-15+. The molecule has 0 fully saturated rings. The number of hydrazone groups is 1. The number of hydrogen-bond acceptors (Lipinski definition) is 4. The molecule has 1 amide bonds. The molecule has 9 heteroatoms. The monoisotopic (exact) mass is 503 g/mol. The average molecular weight is 504 g/mol. The zero-order chi connectivity index (χ0) is 24.0. The normalized spacial score (nSPS) is 11.7. The Morgan fingerprint density at radius 2 is 1.67 bits per heavy atom. The van der Waals surface area contributed by atoms with Crippen LogP contribution in [0, 0.1) is 0 Å². The van der Waals surface area contributed by atoms with E-state index in [9.17, 15) is 13.2 Å². The SMILES string of the molecule is CC(C)c1ccc(/C=N/NC(=O)CN(c2cccc(Cl)c2Cl)S(=O)(=O)c2ccccc2)cc1. The van der Waals surface area contributed by atoms with E-state index in [-0.39, 0.29) is 20.6 Å². The van der Waals surface area contributed by atoms with Gasteiger partial charge in [0.15, 0.2) is 0 Å². The molecule has 1 N–H and O–H groups in total. The Morgan fingerprint density at radius 1 is 1.00 bits per heavy atom. The lowest BCUT2D eigenvalue weighted by Gasteiger charge is -2.24. The van der Waals surface area contributed by atoms with Crippen molar-refractivity contribution in [2.45, 2.75) is 24.7 Å². The van der Waals surface area contributed by atoms with Crippen molar-refractivity contribution in [3.05, 3.63) is 94.0 Å². The van der Waals surface area contributed by atoms with E-state index in [1.807, 2.05) is 24.3 Å². The summed E-state index contributed by atoms with van der Waals surface area (Å²) < 4.78 is 27.6. The minimum absolute atomic E-state index is 0.0163. The van der Waals surface area contributed by atoms with Crippen LogP contribution in [0.25, 0.3) is 0 Å². The maximum absolute atomic E-state index is 13.3. The maximum Gasteiger partial charge on any atom is 0.264 e. The van der Waals surface area contributed by atoms with Crippen LogP contribution in [-0.2, 0) is 14.8 Å². The first kappa shape index (κ1) is 24.8. The zero-order valence-electron chi connectivity index (χ0n) is 18.1. The Kier molecular flexibility index (Phi) is 8.13. The summed E-state index contributed by atoms with van der Waals surface area (Å²) in [6.45, 7) is 3.66. The van der Waals surface area contributed by atoms with Gasteiger partial charge in [0.2, 0.25) is 0 Å². The third-order valence-electron chi connectivity index (χ3n) is 4.82. The van der Waals surface area contributed by atoms with Crippen LogP contribution in [0.4, 0.5) is 5.69 Å². The van der Waals surface area contributed by atoms with Crippen LogP contribution in [0.15, 0.2) is 82.8 Å². The molecule has 0 radical (unpaired) electrons. The maximum atomic E-state index is 13.3. The summed E-state index contributed by atoms with van der Waals surface area (Å²) in [5.41, 5.74) is 4.46. The number of anilines is 1. The molecule has 6 nitrogen and oxygen atoms in total. The highest BCUT2D eigenvalue weighted by Gasteiger charge is 2.29. The lowest BCUT2D eigenvalue weighted by atomic mass is 10.0. The van der Waals surface area contributed by atoms with Crippen molar-refractivity contribution in [3.8, 4) is 0 Å². The number of carbonyl (C=O) groups is 1. The quantitative estimate of drug-likeness (QED) is 0.327. The van der Waals surface area contributed by atoms with Gasteiger partial charge in [-0.25, -0.2) is 13.8 Å². The van der Waals surface area contributed by atoms with E-state index in [1.54, 1.807) is 24.3 Å². The van der Waals surface area contributed by atoms with Crippen LogP contribution in [0.3, 0.4) is 0 Å². The van der Waals surface area contributed by atoms with Crippen LogP contribution in [-0.4, -0.2) is 27.1 Å². The summed E-state index contributed by atoms with van der Waals surface area (Å²) in [5, 5.41) is 4.15. The predicted molar refractivity (Wildman–Crippen MR) is 134 cm³/mol. The van der Waals surface area contributed by atoms with Crippen molar-refractivity contribution in [1.29, 1.82) is 0 Å². The van der Waals surface area contributed by atoms with E-state index in [0.717, 1.165) is 9.87 Å². The van der Waals surface area contributed by atoms with Gasteiger partial charge in [0.25, 0.3) is 15.9 Å². The topological polar surface area (TPSA) is 78.8 Å². The third-order valence-corrected chi connectivity index (χ3v) is 7.41. The molecule has 0 bridgehead atoms. The van der Waals surface area contributed by atoms with Gasteiger partial charge in [-0.15, -0.1) is 0 Å². The van der Waals surface area contributed by atoms with Crippen molar-refractivity contribution in [1.82, 2.24) is 5.43 Å². The van der Waals surface area contributed by atoms with Gasteiger partial charge in [0, 0.05) is 0 Å². The minimum Gasteiger partial charge on any atom is -0.271 e. The van der Waals surface area contributed by atoms with E-state index in [4.69, 9.17) is 23.2 Å². The second-order valence-corrected chi connectivity index (χ2v) is 10.2. The van der Waals surface area contributed by atoms with E-state index in [2.05, 4.69) is 24.4 Å². The van der Waals surface area contributed by atoms with E-state index in [0.29, 0.717) is 5.92 Å². The van der Waals surface area contributed by atoms with Gasteiger partial charge in [0.1, 0.15) is 6.54 Å². The number of sulfonamides is 1. The van der Waals surface area contributed by atoms with Crippen LogP contribution < -0.4 is 9.73 Å². The molecule has 3 aromatic rings. The number of nitrogens with zero attached hydrogens (tertiary/aromatic N) is 2. The van der Waals surface area contributed by atoms with Crippen LogP contribution in [0.5, 0.6) is 0 Å². The number of benzene rings is 3. The zero-order valence-corrected chi connectivity index (χ0v) is 20.4. The summed E-state index contributed by atoms with van der Waals surface area (Å²) in [6.07, 6.45) is 1.49. The molecule has 0 atom stereocenters. The van der Waals surface area contributed by atoms with E-state index < -0.39 is 22.5 Å². The van der Waals surface area contributed by atoms with Gasteiger partial charge < -0.3 is 0 Å². The minimum atomic E-state index is -4.10. The molecule has 0 aliphatic carbocycles. The van der Waals surface area contributed by atoms with Gasteiger partial charge in [-0.05, 0) is 41.3 Å². The second-order valence-electron chi connectivity index (χ2n) is 7.51. The highest BCUT2D eigenvalue weighted by Crippen LogP contribution is 2.35. The number of rotatable bonds is 8. The van der Waals surface area contributed by atoms with Crippen molar-refractivity contribution in [2.75, 3.05) is 10.8 Å². The Bertz CT molecular complexity index is 1250. The lowest BCUT2D eigenvalue weighted by Crippen LogP contribution is -2.39. The Hall–Kier alpha value is -2.87. The molecule has 172 valence electrons. The molecule has 0 aliphatic rings. The summed E-state index contributed by atoms with van der Waals surface area (Å²) in [6, 6.07) is 20.1. The Balaban J connectivity index is 1.83. The largest absolute Gasteiger partial charge is 0.271 e. The number of hydrogen-bond donors (Lipinski definition) is 1. The summed E-state index contributed by atoms with van der Waals surface area (Å²) in [4.78, 5) is 12.6. The number of halogens is 2. The average Bonchev–Trinajstić information content (AvgIpc) is 2.80. The van der Waals surface area contributed by atoms with Gasteiger partial charge in [-0.1, -0.05) is 85.6 Å². The fourth-order valence-corrected chi connectivity index (χ4v) is 4.92. The highest BCUT2D eigenvalue weighted by atomic mass is 35.5. The molecule has 0 unspecified atom stereocenters. The Morgan fingerprint density at radius 3 is 2.30 bits per heavy atom. The fraction of sp³-hybridized carbons (Fsp3) is 0.167. The lowest BCUT2D eigenvalue weighted by molar-refractivity contribution is -0.119. The number of carbonyl (C=O) groups excluding carboxylic acids is 1. The van der Waals surface area contributed by atoms with Crippen molar-refractivity contribution >= 4 is 51.0 Å². The molecule has 3 aromatic carbocycles. The van der Waals surface area contributed by atoms with Crippen LogP contribution in [0.1, 0.15) is 30.9 Å². The fourth-order valence-electron chi connectivity index (χ4n) is 3.02. The molecule has 0 heterocycles. The van der Waals surface area contributed by atoms with Gasteiger partial charge in [0.05, 0.1) is 26.8 Å². The van der Waals surface area contributed by atoms with Gasteiger partial charge in [-0.2, -0.15) is 5.10 Å². The molecule has 0 saturated carbocycles. The number of nitrogens with one attached hydrogen (secondary N) is 1. The van der Waals surface area contributed by atoms with Crippen LogP contribution >= 0.6 is 23.2 Å². The Labute approximate surface area is 203 Å². The smallest absolute Gasteiger partial charge is 0.264 e. The molecule has 33 heavy (non-hydrogen) atoms. The molecule has 0 aliphatic heterocycles. The number of amides is 1. The summed E-state index contributed by atoms with van der Waals surface area (Å²) >= 11 is 12.4. The highest BCUT2D eigenvalue weighted by molar-refractivity contribution is 7.92. The van der Waals surface area contributed by atoms with Gasteiger partial charge in [-0.3, -0.25) is 9.10 Å². The van der Waals surface area contributed by atoms with E-state index >= 15 is 0 Å². The van der Waals surface area contributed by atoms with Gasteiger partial charge >= 0.3 is 0 Å². The molecule has 0 aromatic heterocycles. The first-order valence-corrected chi connectivity index (χ1v) is 12.3. The molecule has 0 spiro atoms. The molecular weight excluding hydrogens is 481 g/mol. The van der Waals surface area contributed by atoms with Crippen molar-refractivity contribution < 1.29 is 13.2 Å². The molecule has 0 saturated heterocycles. The van der Waals surface area contributed by atoms with Crippen LogP contribution in [0.2, 0.25) is 10.0 Å². The summed E-state index contributed by atoms with van der Waals surface area (Å²) in [5.74, 6) is -0.229. The van der Waals surface area contributed by atoms with E-state index in [1.165, 1.54) is 36.0 Å². The molecule has 3 rings (SSSR count). The first-order chi connectivity index (χ1) is 15.7.